The molecule has 0 spiro atoms. The van der Waals surface area contributed by atoms with Gasteiger partial charge in [0.2, 0.25) is 11.8 Å². The molecule has 0 unspecified atom stereocenters. The normalized spacial score (nSPS) is 18.7. The van der Waals surface area contributed by atoms with Gasteiger partial charge in [0, 0.05) is 19.5 Å². The molecule has 1 fully saturated rings. The standard InChI is InChI=1S/C14H16Cl2N2O2/c1-14(2)13(20)18(6-5-12(19)17-14)8-9-3-4-10(15)11(16)7-9/h3-4,7H,5-6,8H2,1-2H3,(H,17,19). The van der Waals surface area contributed by atoms with Crippen molar-refractivity contribution in [3.63, 3.8) is 0 Å². The molecule has 4 nitrogen and oxygen atoms in total. The Balaban J connectivity index is 2.20. The van der Waals surface area contributed by atoms with Crippen molar-refractivity contribution in [1.82, 2.24) is 10.2 Å². The lowest BCUT2D eigenvalue weighted by atomic mass is 10.0. The van der Waals surface area contributed by atoms with Gasteiger partial charge in [0.05, 0.1) is 10.0 Å². The number of rotatable bonds is 2. The lowest BCUT2D eigenvalue weighted by molar-refractivity contribution is -0.137. The molecule has 1 aliphatic heterocycles. The van der Waals surface area contributed by atoms with E-state index in [9.17, 15) is 9.59 Å². The molecule has 0 radical (unpaired) electrons. The van der Waals surface area contributed by atoms with Crippen LogP contribution in [0, 0.1) is 0 Å². The number of benzene rings is 1. The lowest BCUT2D eigenvalue weighted by Gasteiger charge is -2.29. The number of hydrogen-bond donors (Lipinski definition) is 1. The van der Waals surface area contributed by atoms with Crippen LogP contribution in [0.4, 0.5) is 0 Å². The third-order valence-corrected chi connectivity index (χ3v) is 3.98. The van der Waals surface area contributed by atoms with Crippen molar-refractivity contribution in [2.45, 2.75) is 32.4 Å². The van der Waals surface area contributed by atoms with E-state index in [1.165, 1.54) is 0 Å². The van der Waals surface area contributed by atoms with Crippen molar-refractivity contribution in [1.29, 1.82) is 0 Å². The number of nitrogens with zero attached hydrogens (tertiary/aromatic N) is 1. The third-order valence-electron chi connectivity index (χ3n) is 3.24. The molecule has 1 N–H and O–H groups in total. The van der Waals surface area contributed by atoms with E-state index < -0.39 is 5.54 Å². The van der Waals surface area contributed by atoms with Gasteiger partial charge in [-0.1, -0.05) is 29.3 Å². The van der Waals surface area contributed by atoms with Gasteiger partial charge in [0.1, 0.15) is 5.54 Å². The van der Waals surface area contributed by atoms with E-state index in [1.807, 2.05) is 6.07 Å². The molecule has 1 aliphatic rings. The average Bonchev–Trinajstić information content (AvgIpc) is 2.45. The van der Waals surface area contributed by atoms with Crippen molar-refractivity contribution in [2.24, 2.45) is 0 Å². The maximum Gasteiger partial charge on any atom is 0.248 e. The summed E-state index contributed by atoms with van der Waals surface area (Å²) in [4.78, 5) is 25.7. The Hall–Kier alpha value is -1.26. The molecule has 108 valence electrons. The second kappa shape index (κ2) is 5.62. The van der Waals surface area contributed by atoms with Gasteiger partial charge in [-0.25, -0.2) is 0 Å². The van der Waals surface area contributed by atoms with Crippen molar-refractivity contribution in [3.8, 4) is 0 Å². The van der Waals surface area contributed by atoms with Gasteiger partial charge < -0.3 is 10.2 Å². The molecule has 1 heterocycles. The zero-order valence-electron chi connectivity index (χ0n) is 11.4. The molecule has 2 rings (SSSR count). The van der Waals surface area contributed by atoms with Crippen molar-refractivity contribution in [3.05, 3.63) is 33.8 Å². The average molecular weight is 315 g/mol. The van der Waals surface area contributed by atoms with E-state index in [0.717, 1.165) is 5.56 Å². The fraction of sp³-hybridized carbons (Fsp3) is 0.429. The summed E-state index contributed by atoms with van der Waals surface area (Å²) < 4.78 is 0. The lowest BCUT2D eigenvalue weighted by Crippen LogP contribution is -2.52. The molecule has 0 aromatic heterocycles. The number of hydrogen-bond acceptors (Lipinski definition) is 2. The van der Waals surface area contributed by atoms with Crippen LogP contribution in [0.3, 0.4) is 0 Å². The van der Waals surface area contributed by atoms with Crippen molar-refractivity contribution < 1.29 is 9.59 Å². The highest BCUT2D eigenvalue weighted by Crippen LogP contribution is 2.24. The molecule has 0 atom stereocenters. The number of nitrogens with one attached hydrogen (secondary N) is 1. The van der Waals surface area contributed by atoms with E-state index >= 15 is 0 Å². The zero-order chi connectivity index (χ0) is 14.9. The number of halogens is 2. The first-order valence-corrected chi connectivity index (χ1v) is 7.09. The monoisotopic (exact) mass is 314 g/mol. The van der Waals surface area contributed by atoms with Crippen molar-refractivity contribution in [2.75, 3.05) is 6.54 Å². The van der Waals surface area contributed by atoms with E-state index in [1.54, 1.807) is 30.9 Å². The van der Waals surface area contributed by atoms with E-state index in [2.05, 4.69) is 5.32 Å². The predicted molar refractivity (Wildman–Crippen MR) is 78.7 cm³/mol. The summed E-state index contributed by atoms with van der Waals surface area (Å²) >= 11 is 11.9. The van der Waals surface area contributed by atoms with Gasteiger partial charge in [0.15, 0.2) is 0 Å². The SMILES string of the molecule is CC1(C)NC(=O)CCN(Cc2ccc(Cl)c(Cl)c2)C1=O. The van der Waals surface area contributed by atoms with E-state index in [4.69, 9.17) is 23.2 Å². The molecule has 6 heteroatoms. The molecule has 1 saturated heterocycles. The predicted octanol–water partition coefficient (Wildman–Crippen LogP) is 2.62. The second-order valence-corrected chi connectivity index (χ2v) is 6.21. The van der Waals surface area contributed by atoms with Crippen LogP contribution in [-0.2, 0) is 16.1 Å². The van der Waals surface area contributed by atoms with Gasteiger partial charge in [-0.3, -0.25) is 9.59 Å². The first-order chi connectivity index (χ1) is 9.29. The third kappa shape index (κ3) is 3.25. The largest absolute Gasteiger partial charge is 0.342 e. The van der Waals surface area contributed by atoms with Gasteiger partial charge in [-0.15, -0.1) is 0 Å². The van der Waals surface area contributed by atoms with E-state index in [0.29, 0.717) is 29.6 Å². The van der Waals surface area contributed by atoms with Crippen molar-refractivity contribution >= 4 is 35.0 Å². The maximum absolute atomic E-state index is 12.4. The zero-order valence-corrected chi connectivity index (χ0v) is 12.9. The molecule has 2 amide bonds. The molecule has 0 saturated carbocycles. The Morgan fingerprint density at radius 2 is 1.95 bits per heavy atom. The van der Waals surface area contributed by atoms with Crippen LogP contribution in [-0.4, -0.2) is 28.8 Å². The Morgan fingerprint density at radius 3 is 2.60 bits per heavy atom. The molecule has 20 heavy (non-hydrogen) atoms. The quantitative estimate of drug-likeness (QED) is 0.912. The number of amides is 2. The van der Waals surface area contributed by atoms with Gasteiger partial charge in [-0.2, -0.15) is 0 Å². The summed E-state index contributed by atoms with van der Waals surface area (Å²) in [6, 6.07) is 5.27. The van der Waals surface area contributed by atoms with Crippen LogP contribution in [0.5, 0.6) is 0 Å². The van der Waals surface area contributed by atoms with Crippen LogP contribution in [0.15, 0.2) is 18.2 Å². The molecule has 1 aromatic rings. The fourth-order valence-electron chi connectivity index (χ4n) is 2.21. The second-order valence-electron chi connectivity index (χ2n) is 5.40. The van der Waals surface area contributed by atoms with Crippen LogP contribution in [0.25, 0.3) is 0 Å². The van der Waals surface area contributed by atoms with Crippen LogP contribution in [0.1, 0.15) is 25.8 Å². The summed E-state index contributed by atoms with van der Waals surface area (Å²) in [5, 5.41) is 3.67. The maximum atomic E-state index is 12.4. The molecule has 0 bridgehead atoms. The summed E-state index contributed by atoms with van der Waals surface area (Å²) in [6.07, 6.45) is 0.302. The van der Waals surface area contributed by atoms with Crippen LogP contribution < -0.4 is 5.32 Å². The first-order valence-electron chi connectivity index (χ1n) is 6.34. The van der Waals surface area contributed by atoms with Gasteiger partial charge in [0.25, 0.3) is 0 Å². The minimum Gasteiger partial charge on any atom is -0.342 e. The summed E-state index contributed by atoms with van der Waals surface area (Å²) in [5.41, 5.74) is 0.00183. The minimum atomic E-state index is -0.885. The topological polar surface area (TPSA) is 49.4 Å². The van der Waals surface area contributed by atoms with Crippen LogP contribution >= 0.6 is 23.2 Å². The Kier molecular flexibility index (Phi) is 4.25. The highest BCUT2D eigenvalue weighted by Gasteiger charge is 2.36. The van der Waals surface area contributed by atoms with Gasteiger partial charge >= 0.3 is 0 Å². The Morgan fingerprint density at radius 1 is 1.25 bits per heavy atom. The highest BCUT2D eigenvalue weighted by molar-refractivity contribution is 6.42. The smallest absolute Gasteiger partial charge is 0.248 e. The highest BCUT2D eigenvalue weighted by atomic mass is 35.5. The minimum absolute atomic E-state index is 0.102. The summed E-state index contributed by atoms with van der Waals surface area (Å²) in [7, 11) is 0. The first kappa shape index (κ1) is 15.1. The van der Waals surface area contributed by atoms with Gasteiger partial charge in [-0.05, 0) is 31.5 Å². The number of carbonyl (C=O) groups is 2. The number of carbonyl (C=O) groups excluding carboxylic acids is 2. The van der Waals surface area contributed by atoms with Crippen LogP contribution in [0.2, 0.25) is 10.0 Å². The Labute approximate surface area is 128 Å². The molecule has 1 aromatic carbocycles. The molecular weight excluding hydrogens is 299 g/mol. The Bertz CT molecular complexity index is 558. The fourth-order valence-corrected chi connectivity index (χ4v) is 2.53. The molecular formula is C14H16Cl2N2O2. The summed E-state index contributed by atoms with van der Waals surface area (Å²) in [6.45, 7) is 4.23. The van der Waals surface area contributed by atoms with E-state index in [-0.39, 0.29) is 11.8 Å². The molecule has 0 aliphatic carbocycles. The summed E-state index contributed by atoms with van der Waals surface area (Å²) in [5.74, 6) is -0.214.